The van der Waals surface area contributed by atoms with Gasteiger partial charge in [0.05, 0.1) is 5.25 Å². The number of rotatable bonds is 5. The molecule has 1 heterocycles. The van der Waals surface area contributed by atoms with Crippen LogP contribution in [0.1, 0.15) is 11.1 Å². The average molecular weight is 492 g/mol. The number of nitrogens with one attached hydrogen (secondary N) is 1. The number of benzene rings is 3. The number of halogens is 2. The van der Waals surface area contributed by atoms with Crippen LogP contribution in [0.3, 0.4) is 0 Å². The van der Waals surface area contributed by atoms with Crippen LogP contribution in [0, 0.1) is 24.1 Å². The molecule has 0 spiro atoms. The van der Waals surface area contributed by atoms with Gasteiger partial charge < -0.3 is 5.32 Å². The third kappa shape index (κ3) is 5.14. The molecule has 0 saturated carbocycles. The lowest BCUT2D eigenvalue weighted by Gasteiger charge is -2.18. The molecule has 3 aromatic carbocycles. The number of hydrogen-bond donors (Lipinski definition) is 1. The molecule has 0 unspecified atom stereocenters. The Labute approximate surface area is 205 Å². The molecular weight excluding hydrogens is 473 g/mol. The van der Waals surface area contributed by atoms with E-state index in [4.69, 9.17) is 11.6 Å². The third-order valence-corrected chi connectivity index (χ3v) is 6.75. The van der Waals surface area contributed by atoms with Gasteiger partial charge in [0.25, 0.3) is 5.91 Å². The minimum absolute atomic E-state index is 0.205. The van der Waals surface area contributed by atoms with Crippen molar-refractivity contribution in [1.29, 1.82) is 5.26 Å². The van der Waals surface area contributed by atoms with Crippen molar-refractivity contribution in [3.05, 3.63) is 105 Å². The van der Waals surface area contributed by atoms with E-state index in [1.807, 2.05) is 37.3 Å². The highest BCUT2D eigenvalue weighted by Gasteiger charge is 2.40. The first-order valence-electron chi connectivity index (χ1n) is 10.4. The largest absolute Gasteiger partial charge is 0.321 e. The number of aryl methyl sites for hydroxylation is 1. The van der Waals surface area contributed by atoms with Gasteiger partial charge in [-0.1, -0.05) is 53.2 Å². The summed E-state index contributed by atoms with van der Waals surface area (Å²) in [6.45, 7) is 1.98. The van der Waals surface area contributed by atoms with Crippen molar-refractivity contribution in [2.45, 2.75) is 18.6 Å². The fourth-order valence-corrected chi connectivity index (χ4v) is 4.91. The summed E-state index contributed by atoms with van der Waals surface area (Å²) in [6, 6.07) is 21.6. The van der Waals surface area contributed by atoms with E-state index in [-0.39, 0.29) is 16.5 Å². The predicted octanol–water partition coefficient (Wildman–Crippen LogP) is 5.85. The minimum atomic E-state index is -0.650. The molecule has 1 fully saturated rings. The third-order valence-electron chi connectivity index (χ3n) is 5.23. The molecule has 1 aliphatic rings. The lowest BCUT2D eigenvalue weighted by atomic mass is 10.1. The summed E-state index contributed by atoms with van der Waals surface area (Å²) in [5.74, 6) is -1.38. The van der Waals surface area contributed by atoms with E-state index in [0.29, 0.717) is 22.8 Å². The van der Waals surface area contributed by atoms with E-state index in [1.165, 1.54) is 29.2 Å². The van der Waals surface area contributed by atoms with Crippen LogP contribution in [0.2, 0.25) is 5.02 Å². The Balaban J connectivity index is 1.71. The first kappa shape index (κ1) is 23.6. The standard InChI is InChI=1S/C26H19ClFN3O2S/c1-16-2-4-17(5-3-16)14-23-25(33)31(21-12-8-19(28)9-13-21)26(34-23)22(15-29)24(32)30-20-10-6-18(27)7-11-20/h2-13,23H,14H2,1H3,(H,30,32)/b26-22-/t23-/m0/s1. The quantitative estimate of drug-likeness (QED) is 0.359. The van der Waals surface area contributed by atoms with Crippen LogP contribution in [0.4, 0.5) is 15.8 Å². The smallest absolute Gasteiger partial charge is 0.269 e. The fraction of sp³-hybridized carbons (Fsp3) is 0.115. The molecule has 0 aromatic heterocycles. The predicted molar refractivity (Wildman–Crippen MR) is 133 cm³/mol. The van der Waals surface area contributed by atoms with Crippen LogP contribution in [0.25, 0.3) is 0 Å². The zero-order chi connectivity index (χ0) is 24.2. The van der Waals surface area contributed by atoms with E-state index < -0.39 is 17.0 Å². The maximum Gasteiger partial charge on any atom is 0.269 e. The van der Waals surface area contributed by atoms with Gasteiger partial charge in [0, 0.05) is 16.4 Å². The van der Waals surface area contributed by atoms with Crippen LogP contribution < -0.4 is 10.2 Å². The second kappa shape index (κ2) is 10.1. The lowest BCUT2D eigenvalue weighted by molar-refractivity contribution is -0.117. The van der Waals surface area contributed by atoms with E-state index in [1.54, 1.807) is 24.3 Å². The zero-order valence-corrected chi connectivity index (χ0v) is 19.7. The number of nitriles is 1. The fourth-order valence-electron chi connectivity index (χ4n) is 3.48. The molecule has 1 aliphatic heterocycles. The molecule has 170 valence electrons. The molecule has 1 N–H and O–H groups in total. The highest BCUT2D eigenvalue weighted by Crippen LogP contribution is 2.42. The first-order valence-corrected chi connectivity index (χ1v) is 11.6. The van der Waals surface area contributed by atoms with E-state index in [0.717, 1.165) is 22.9 Å². The number of carbonyl (C=O) groups excluding carboxylic acids is 2. The first-order chi connectivity index (χ1) is 16.4. The highest BCUT2D eigenvalue weighted by atomic mass is 35.5. The molecule has 4 rings (SSSR count). The Bertz CT molecular complexity index is 1300. The number of amides is 2. The molecular formula is C26H19ClFN3O2S. The van der Waals surface area contributed by atoms with Crippen LogP contribution in [-0.4, -0.2) is 17.1 Å². The van der Waals surface area contributed by atoms with Gasteiger partial charge in [-0.3, -0.25) is 14.5 Å². The van der Waals surface area contributed by atoms with E-state index in [2.05, 4.69) is 5.32 Å². The van der Waals surface area contributed by atoms with Crippen LogP contribution in [-0.2, 0) is 16.0 Å². The van der Waals surface area contributed by atoms with Gasteiger partial charge in [0.2, 0.25) is 5.91 Å². The van der Waals surface area contributed by atoms with Crippen LogP contribution in [0.15, 0.2) is 83.4 Å². The van der Waals surface area contributed by atoms with E-state index in [9.17, 15) is 19.2 Å². The molecule has 8 heteroatoms. The SMILES string of the molecule is Cc1ccc(C[C@@H]2S/C(=C(/C#N)C(=O)Nc3ccc(Cl)cc3)N(c3ccc(F)cc3)C2=O)cc1. The van der Waals surface area contributed by atoms with Crippen molar-refractivity contribution in [2.75, 3.05) is 10.2 Å². The monoisotopic (exact) mass is 491 g/mol. The number of nitrogens with zero attached hydrogens (tertiary/aromatic N) is 2. The Morgan fingerprint density at radius 3 is 2.35 bits per heavy atom. The molecule has 0 bridgehead atoms. The molecule has 1 saturated heterocycles. The zero-order valence-electron chi connectivity index (χ0n) is 18.1. The second-order valence-electron chi connectivity index (χ2n) is 7.70. The van der Waals surface area contributed by atoms with Crippen molar-refractivity contribution in [3.8, 4) is 6.07 Å². The maximum absolute atomic E-state index is 13.5. The molecule has 34 heavy (non-hydrogen) atoms. The Hall–Kier alpha value is -3.60. The summed E-state index contributed by atoms with van der Waals surface area (Å²) < 4.78 is 13.5. The van der Waals surface area contributed by atoms with Gasteiger partial charge in [-0.05, 0) is 67.4 Å². The number of hydrogen-bond acceptors (Lipinski definition) is 4. The van der Waals surface area contributed by atoms with Gasteiger partial charge >= 0.3 is 0 Å². The van der Waals surface area contributed by atoms with Crippen molar-refractivity contribution < 1.29 is 14.0 Å². The van der Waals surface area contributed by atoms with Crippen molar-refractivity contribution >= 4 is 46.6 Å². The molecule has 0 aliphatic carbocycles. The lowest BCUT2D eigenvalue weighted by Crippen LogP contribution is -2.30. The van der Waals surface area contributed by atoms with Gasteiger partial charge in [-0.25, -0.2) is 4.39 Å². The Morgan fingerprint density at radius 2 is 1.74 bits per heavy atom. The Kier molecular flexibility index (Phi) is 7.01. The molecule has 2 amide bonds. The summed E-state index contributed by atoms with van der Waals surface area (Å²) in [5.41, 5.74) is 2.70. The summed E-state index contributed by atoms with van der Waals surface area (Å²) in [7, 11) is 0. The van der Waals surface area contributed by atoms with Crippen LogP contribution >= 0.6 is 23.4 Å². The maximum atomic E-state index is 13.5. The molecule has 3 aromatic rings. The minimum Gasteiger partial charge on any atom is -0.321 e. The van der Waals surface area contributed by atoms with Crippen molar-refractivity contribution in [3.63, 3.8) is 0 Å². The van der Waals surface area contributed by atoms with Crippen LogP contribution in [0.5, 0.6) is 0 Å². The second-order valence-corrected chi connectivity index (χ2v) is 9.33. The van der Waals surface area contributed by atoms with Gasteiger partial charge in [0.15, 0.2) is 0 Å². The Morgan fingerprint density at radius 1 is 1.09 bits per heavy atom. The van der Waals surface area contributed by atoms with Crippen molar-refractivity contribution in [1.82, 2.24) is 0 Å². The molecule has 1 atom stereocenters. The topological polar surface area (TPSA) is 73.2 Å². The van der Waals surface area contributed by atoms with Crippen molar-refractivity contribution in [2.24, 2.45) is 0 Å². The summed E-state index contributed by atoms with van der Waals surface area (Å²) in [5, 5.41) is 12.7. The van der Waals surface area contributed by atoms with Gasteiger partial charge in [0.1, 0.15) is 22.5 Å². The summed E-state index contributed by atoms with van der Waals surface area (Å²) in [6.07, 6.45) is 0.419. The van der Waals surface area contributed by atoms with Gasteiger partial charge in [-0.15, -0.1) is 0 Å². The van der Waals surface area contributed by atoms with E-state index >= 15 is 0 Å². The normalized spacial score (nSPS) is 16.8. The summed E-state index contributed by atoms with van der Waals surface area (Å²) >= 11 is 7.06. The average Bonchev–Trinajstić information content (AvgIpc) is 3.13. The highest BCUT2D eigenvalue weighted by molar-refractivity contribution is 8.05. The number of anilines is 2. The molecule has 5 nitrogen and oxygen atoms in total. The summed E-state index contributed by atoms with van der Waals surface area (Å²) in [4.78, 5) is 27.8. The van der Waals surface area contributed by atoms with Gasteiger partial charge in [-0.2, -0.15) is 5.26 Å². The number of carbonyl (C=O) groups is 2. The number of thioether (sulfide) groups is 1. The molecule has 0 radical (unpaired) electrons.